The molecule has 1 heterocycles. The van der Waals surface area contributed by atoms with Crippen molar-refractivity contribution in [2.24, 2.45) is 5.92 Å². The van der Waals surface area contributed by atoms with Gasteiger partial charge in [-0.05, 0) is 31.2 Å². The number of aliphatic hydroxyl groups excluding tert-OH is 1. The molecule has 0 spiro atoms. The Morgan fingerprint density at radius 1 is 1.50 bits per heavy atom. The molecule has 5 heteroatoms. The van der Waals surface area contributed by atoms with Crippen LogP contribution in [0.5, 0.6) is 5.75 Å². The fourth-order valence-electron chi connectivity index (χ4n) is 2.54. The first-order valence-electron chi connectivity index (χ1n) is 6.87. The predicted molar refractivity (Wildman–Crippen MR) is 74.2 cm³/mol. The third kappa shape index (κ3) is 3.91. The van der Waals surface area contributed by atoms with Gasteiger partial charge >= 0.3 is 0 Å². The van der Waals surface area contributed by atoms with Crippen molar-refractivity contribution in [2.75, 3.05) is 33.9 Å². The van der Waals surface area contributed by atoms with Gasteiger partial charge in [-0.2, -0.15) is 0 Å². The van der Waals surface area contributed by atoms with E-state index in [4.69, 9.17) is 9.47 Å². The van der Waals surface area contributed by atoms with Crippen LogP contribution in [-0.2, 0) is 11.3 Å². The molecule has 1 aromatic carbocycles. The molecule has 0 amide bonds. The molecule has 0 saturated carbocycles. The van der Waals surface area contributed by atoms with Gasteiger partial charge in [0.2, 0.25) is 0 Å². The van der Waals surface area contributed by atoms with Gasteiger partial charge in [-0.25, -0.2) is 4.39 Å². The fourth-order valence-corrected chi connectivity index (χ4v) is 2.54. The van der Waals surface area contributed by atoms with Crippen LogP contribution in [-0.4, -0.2) is 50.0 Å². The minimum atomic E-state index is -0.348. The molecule has 1 N–H and O–H groups in total. The van der Waals surface area contributed by atoms with E-state index in [0.717, 1.165) is 12.1 Å². The maximum absolute atomic E-state index is 13.6. The Hall–Kier alpha value is -1.17. The first kappa shape index (κ1) is 15.2. The summed E-state index contributed by atoms with van der Waals surface area (Å²) >= 11 is 0. The number of nitrogens with zero attached hydrogens (tertiary/aromatic N) is 1. The molecule has 20 heavy (non-hydrogen) atoms. The summed E-state index contributed by atoms with van der Waals surface area (Å²) in [4.78, 5) is 2.07. The van der Waals surface area contributed by atoms with Crippen molar-refractivity contribution in [3.05, 3.63) is 29.6 Å². The minimum absolute atomic E-state index is 0.122. The summed E-state index contributed by atoms with van der Waals surface area (Å²) in [7, 11) is 3.41. The number of methoxy groups -OCH3 is 1. The van der Waals surface area contributed by atoms with E-state index >= 15 is 0 Å². The van der Waals surface area contributed by atoms with Crippen molar-refractivity contribution in [2.45, 2.75) is 19.1 Å². The average molecular weight is 283 g/mol. The summed E-state index contributed by atoms with van der Waals surface area (Å²) in [5, 5.41) is 9.91. The van der Waals surface area contributed by atoms with Gasteiger partial charge in [0.15, 0.2) is 11.6 Å². The monoisotopic (exact) mass is 283 g/mol. The van der Waals surface area contributed by atoms with Crippen molar-refractivity contribution < 1.29 is 19.0 Å². The first-order chi connectivity index (χ1) is 9.60. The number of hydrogen-bond donors (Lipinski definition) is 1. The fraction of sp³-hybridized carbons (Fsp3) is 0.600. The Morgan fingerprint density at radius 2 is 2.30 bits per heavy atom. The summed E-state index contributed by atoms with van der Waals surface area (Å²) in [5.74, 6) is 0.0313. The highest BCUT2D eigenvalue weighted by molar-refractivity contribution is 5.29. The number of aliphatic hydroxyl groups is 1. The SMILES string of the molecule is COc1ccc(CN(C)CC2COCCC2O)cc1F. The number of ether oxygens (including phenoxy) is 2. The molecular weight excluding hydrogens is 261 g/mol. The van der Waals surface area contributed by atoms with Crippen LogP contribution in [0.15, 0.2) is 18.2 Å². The van der Waals surface area contributed by atoms with Crippen LogP contribution in [0.3, 0.4) is 0 Å². The maximum Gasteiger partial charge on any atom is 0.165 e. The predicted octanol–water partition coefficient (Wildman–Crippen LogP) is 1.66. The van der Waals surface area contributed by atoms with Crippen LogP contribution in [0.4, 0.5) is 4.39 Å². The van der Waals surface area contributed by atoms with Crippen LogP contribution in [0.25, 0.3) is 0 Å². The van der Waals surface area contributed by atoms with E-state index in [1.165, 1.54) is 13.2 Å². The van der Waals surface area contributed by atoms with Crippen molar-refractivity contribution in [1.82, 2.24) is 4.90 Å². The van der Waals surface area contributed by atoms with Crippen molar-refractivity contribution >= 4 is 0 Å². The van der Waals surface area contributed by atoms with Crippen LogP contribution < -0.4 is 4.74 Å². The number of rotatable bonds is 5. The summed E-state index contributed by atoms with van der Waals surface area (Å²) in [5.41, 5.74) is 0.886. The smallest absolute Gasteiger partial charge is 0.165 e. The summed E-state index contributed by atoms with van der Waals surface area (Å²) in [6, 6.07) is 4.98. The molecule has 0 aromatic heterocycles. The van der Waals surface area contributed by atoms with E-state index in [2.05, 4.69) is 4.90 Å². The molecule has 0 aliphatic carbocycles. The number of benzene rings is 1. The van der Waals surface area contributed by atoms with E-state index in [9.17, 15) is 9.50 Å². The molecular formula is C15H22FNO3. The van der Waals surface area contributed by atoms with E-state index in [0.29, 0.717) is 26.2 Å². The summed E-state index contributed by atoms with van der Waals surface area (Å²) in [6.45, 7) is 2.58. The van der Waals surface area contributed by atoms with Crippen LogP contribution in [0.1, 0.15) is 12.0 Å². The van der Waals surface area contributed by atoms with Gasteiger partial charge < -0.3 is 19.5 Å². The van der Waals surface area contributed by atoms with Gasteiger partial charge in [0.25, 0.3) is 0 Å². The second kappa shape index (κ2) is 7.02. The van der Waals surface area contributed by atoms with Crippen molar-refractivity contribution in [3.63, 3.8) is 0 Å². The van der Waals surface area contributed by atoms with Gasteiger partial charge in [-0.3, -0.25) is 0 Å². The molecule has 2 atom stereocenters. The zero-order chi connectivity index (χ0) is 14.5. The Kier molecular flexibility index (Phi) is 5.34. The Morgan fingerprint density at radius 3 is 2.95 bits per heavy atom. The standard InChI is InChI=1S/C15H22FNO3/c1-17(9-12-10-20-6-5-14(12)18)8-11-3-4-15(19-2)13(16)7-11/h3-4,7,12,14,18H,5-6,8-10H2,1-2H3. The average Bonchev–Trinajstić information content (AvgIpc) is 2.41. The molecule has 2 unspecified atom stereocenters. The van der Waals surface area contributed by atoms with Crippen LogP contribution in [0, 0.1) is 11.7 Å². The topological polar surface area (TPSA) is 41.9 Å². The van der Waals surface area contributed by atoms with Crippen LogP contribution in [0.2, 0.25) is 0 Å². The molecule has 0 radical (unpaired) electrons. The zero-order valence-corrected chi connectivity index (χ0v) is 12.0. The highest BCUT2D eigenvalue weighted by Gasteiger charge is 2.24. The van der Waals surface area contributed by atoms with Crippen LogP contribution >= 0.6 is 0 Å². The van der Waals surface area contributed by atoms with Gasteiger partial charge in [0.1, 0.15) is 0 Å². The molecule has 0 bridgehead atoms. The van der Waals surface area contributed by atoms with Gasteiger partial charge in [-0.15, -0.1) is 0 Å². The Labute approximate surface area is 119 Å². The molecule has 1 fully saturated rings. The zero-order valence-electron chi connectivity index (χ0n) is 12.0. The lowest BCUT2D eigenvalue weighted by Crippen LogP contribution is -2.39. The Balaban J connectivity index is 1.90. The quantitative estimate of drug-likeness (QED) is 0.892. The first-order valence-corrected chi connectivity index (χ1v) is 6.87. The largest absolute Gasteiger partial charge is 0.494 e. The number of hydrogen-bond acceptors (Lipinski definition) is 4. The molecule has 1 aliphatic rings. The van der Waals surface area contributed by atoms with E-state index in [1.54, 1.807) is 6.07 Å². The van der Waals surface area contributed by atoms with E-state index < -0.39 is 0 Å². The highest BCUT2D eigenvalue weighted by Crippen LogP contribution is 2.20. The third-order valence-corrected chi connectivity index (χ3v) is 3.65. The summed E-state index contributed by atoms with van der Waals surface area (Å²) in [6.07, 6.45) is 0.383. The lowest BCUT2D eigenvalue weighted by Gasteiger charge is -2.31. The minimum Gasteiger partial charge on any atom is -0.494 e. The maximum atomic E-state index is 13.6. The molecule has 1 aliphatic heterocycles. The molecule has 2 rings (SSSR count). The second-order valence-corrected chi connectivity index (χ2v) is 5.36. The van der Waals surface area contributed by atoms with E-state index in [-0.39, 0.29) is 23.6 Å². The Bertz CT molecular complexity index is 441. The lowest BCUT2D eigenvalue weighted by molar-refractivity contribution is -0.0451. The number of halogens is 1. The second-order valence-electron chi connectivity index (χ2n) is 5.36. The van der Waals surface area contributed by atoms with Crippen molar-refractivity contribution in [1.29, 1.82) is 0 Å². The molecule has 4 nitrogen and oxygen atoms in total. The van der Waals surface area contributed by atoms with E-state index in [1.807, 2.05) is 13.1 Å². The van der Waals surface area contributed by atoms with Gasteiger partial charge in [0, 0.05) is 25.6 Å². The normalized spacial score (nSPS) is 23.1. The molecule has 1 aromatic rings. The van der Waals surface area contributed by atoms with Gasteiger partial charge in [0.05, 0.1) is 19.8 Å². The highest BCUT2D eigenvalue weighted by atomic mass is 19.1. The van der Waals surface area contributed by atoms with Gasteiger partial charge in [-0.1, -0.05) is 6.07 Å². The molecule has 1 saturated heterocycles. The van der Waals surface area contributed by atoms with Crippen molar-refractivity contribution in [3.8, 4) is 5.75 Å². The third-order valence-electron chi connectivity index (χ3n) is 3.65. The molecule has 112 valence electrons. The summed E-state index contributed by atoms with van der Waals surface area (Å²) < 4.78 is 23.9. The lowest BCUT2D eigenvalue weighted by atomic mass is 9.98.